The number of hydroxylamine groups is 1. The van der Waals surface area contributed by atoms with Gasteiger partial charge in [0.15, 0.2) is 0 Å². The number of fused-ring (bicyclic) bond motifs is 3. The molecule has 7 heteroatoms. The average molecular weight is 386 g/mol. The fraction of sp³-hybridized carbons (Fsp3) is 0.333. The molecule has 7 nitrogen and oxygen atoms in total. The number of nitrogens with one attached hydrogen (secondary N) is 2. The molecule has 3 rings (SSSR count). The van der Waals surface area contributed by atoms with Gasteiger partial charge in [-0.1, -0.05) is 55.5 Å². The topological polar surface area (TPSA) is 96.9 Å². The van der Waals surface area contributed by atoms with Crippen molar-refractivity contribution in [2.75, 3.05) is 20.8 Å². The first-order chi connectivity index (χ1) is 13.5. The lowest BCUT2D eigenvalue weighted by Crippen LogP contribution is -2.40. The summed E-state index contributed by atoms with van der Waals surface area (Å²) < 4.78 is 5.31. The molecule has 0 radical (unpaired) electrons. The fourth-order valence-electron chi connectivity index (χ4n) is 3.12. The molecule has 1 amide bonds. The van der Waals surface area contributed by atoms with Gasteiger partial charge in [0.05, 0.1) is 7.11 Å². The Morgan fingerprint density at radius 3 is 2.00 bits per heavy atom. The van der Waals surface area contributed by atoms with Gasteiger partial charge in [-0.25, -0.2) is 15.1 Å². The quantitative estimate of drug-likeness (QED) is 0.660. The number of benzene rings is 2. The molecule has 0 bridgehead atoms. The van der Waals surface area contributed by atoms with Crippen molar-refractivity contribution >= 4 is 12.1 Å². The molecule has 0 heterocycles. The van der Waals surface area contributed by atoms with E-state index in [2.05, 4.69) is 27.8 Å². The van der Waals surface area contributed by atoms with Crippen molar-refractivity contribution in [1.82, 2.24) is 10.8 Å². The third-order valence-electron chi connectivity index (χ3n) is 4.55. The maximum absolute atomic E-state index is 11.9. The number of carboxylic acids is 1. The average Bonchev–Trinajstić information content (AvgIpc) is 3.04. The van der Waals surface area contributed by atoms with E-state index in [1.54, 1.807) is 21.1 Å². The van der Waals surface area contributed by atoms with Crippen LogP contribution in [0.1, 0.15) is 30.4 Å². The van der Waals surface area contributed by atoms with Crippen molar-refractivity contribution < 1.29 is 24.3 Å². The molecule has 28 heavy (non-hydrogen) atoms. The molecular formula is C21H26N2O5. The molecule has 150 valence electrons. The van der Waals surface area contributed by atoms with Gasteiger partial charge in [0.25, 0.3) is 0 Å². The molecule has 0 aromatic heterocycles. The largest absolute Gasteiger partial charge is 0.480 e. The molecule has 2 aromatic carbocycles. The number of hydrogen-bond donors (Lipinski definition) is 3. The minimum atomic E-state index is -1.06. The standard InChI is InChI=1S/C19H19NO4.C2H7NO/c1-2-17(18(21)22)20-19(23)24-11-16-14-9-5-3-7-12(14)13-8-4-6-10-15(13)16;1-3-4-2/h3-10,16-17H,2,11H2,1H3,(H,20,23)(H,21,22);3H,1-2H3. The number of carbonyl (C=O) groups is 2. The zero-order chi connectivity index (χ0) is 20.5. The molecule has 1 aliphatic rings. The van der Waals surface area contributed by atoms with Crippen molar-refractivity contribution in [2.24, 2.45) is 0 Å². The molecule has 0 fully saturated rings. The molecule has 1 atom stereocenters. The highest BCUT2D eigenvalue weighted by atomic mass is 16.6. The summed E-state index contributed by atoms with van der Waals surface area (Å²) >= 11 is 0. The molecular weight excluding hydrogens is 360 g/mol. The van der Waals surface area contributed by atoms with Crippen molar-refractivity contribution in [3.05, 3.63) is 59.7 Å². The number of carbonyl (C=O) groups excluding carboxylic acids is 1. The summed E-state index contributed by atoms with van der Waals surface area (Å²) in [6.07, 6.45) is -0.398. The summed E-state index contributed by atoms with van der Waals surface area (Å²) in [6, 6.07) is 15.2. The molecule has 2 aromatic rings. The monoisotopic (exact) mass is 386 g/mol. The summed E-state index contributed by atoms with van der Waals surface area (Å²) in [6.45, 7) is 1.87. The highest BCUT2D eigenvalue weighted by molar-refractivity contribution is 5.81. The van der Waals surface area contributed by atoms with Crippen molar-refractivity contribution in [3.8, 4) is 11.1 Å². The summed E-state index contributed by atoms with van der Waals surface area (Å²) in [5.74, 6) is -1.10. The normalized spacial score (nSPS) is 12.8. The Morgan fingerprint density at radius 2 is 1.57 bits per heavy atom. The number of aliphatic carboxylic acids is 1. The van der Waals surface area contributed by atoms with Crippen LogP contribution in [0.5, 0.6) is 0 Å². The predicted molar refractivity (Wildman–Crippen MR) is 106 cm³/mol. The Kier molecular flexibility index (Phi) is 7.98. The highest BCUT2D eigenvalue weighted by Gasteiger charge is 2.29. The van der Waals surface area contributed by atoms with E-state index >= 15 is 0 Å². The molecule has 1 unspecified atom stereocenters. The Labute approximate surface area is 164 Å². The van der Waals surface area contributed by atoms with Crippen LogP contribution < -0.4 is 10.8 Å². The third kappa shape index (κ3) is 5.09. The fourth-order valence-corrected chi connectivity index (χ4v) is 3.12. The second-order valence-corrected chi connectivity index (χ2v) is 6.18. The minimum Gasteiger partial charge on any atom is -0.480 e. The van der Waals surface area contributed by atoms with E-state index in [1.165, 1.54) is 0 Å². The van der Waals surface area contributed by atoms with Crippen LogP contribution in [0.15, 0.2) is 48.5 Å². The Balaban J connectivity index is 0.000000640. The zero-order valence-corrected chi connectivity index (χ0v) is 16.3. The van der Waals surface area contributed by atoms with E-state index in [0.29, 0.717) is 6.42 Å². The summed E-state index contributed by atoms with van der Waals surface area (Å²) in [4.78, 5) is 27.2. The second kappa shape index (κ2) is 10.4. The van der Waals surface area contributed by atoms with Crippen LogP contribution in [-0.4, -0.2) is 44.0 Å². The molecule has 3 N–H and O–H groups in total. The number of amides is 1. The molecule has 1 aliphatic carbocycles. The van der Waals surface area contributed by atoms with Crippen LogP contribution in [0.2, 0.25) is 0 Å². The van der Waals surface area contributed by atoms with Gasteiger partial charge in [0, 0.05) is 13.0 Å². The Morgan fingerprint density at radius 1 is 1.07 bits per heavy atom. The lowest BCUT2D eigenvalue weighted by Gasteiger charge is -2.16. The number of ether oxygens (including phenoxy) is 1. The van der Waals surface area contributed by atoms with E-state index in [1.807, 2.05) is 36.4 Å². The molecule has 0 saturated carbocycles. The number of carboxylic acid groups (broad SMARTS) is 1. The van der Waals surface area contributed by atoms with E-state index in [-0.39, 0.29) is 12.5 Å². The molecule has 0 spiro atoms. The summed E-state index contributed by atoms with van der Waals surface area (Å²) in [7, 11) is 3.28. The Bertz CT molecular complexity index is 761. The lowest BCUT2D eigenvalue weighted by molar-refractivity contribution is -0.139. The number of rotatable bonds is 6. The van der Waals surface area contributed by atoms with E-state index < -0.39 is 18.1 Å². The van der Waals surface area contributed by atoms with Gasteiger partial charge < -0.3 is 20.0 Å². The molecule has 0 saturated heterocycles. The van der Waals surface area contributed by atoms with Gasteiger partial charge in [-0.3, -0.25) is 0 Å². The van der Waals surface area contributed by atoms with E-state index in [0.717, 1.165) is 22.3 Å². The van der Waals surface area contributed by atoms with E-state index in [4.69, 9.17) is 9.84 Å². The zero-order valence-electron chi connectivity index (χ0n) is 16.3. The van der Waals surface area contributed by atoms with Crippen LogP contribution in [0.3, 0.4) is 0 Å². The van der Waals surface area contributed by atoms with Crippen LogP contribution in [-0.2, 0) is 14.4 Å². The van der Waals surface area contributed by atoms with Crippen LogP contribution >= 0.6 is 0 Å². The van der Waals surface area contributed by atoms with Gasteiger partial charge >= 0.3 is 12.1 Å². The maximum Gasteiger partial charge on any atom is 0.407 e. The minimum absolute atomic E-state index is 0.0342. The summed E-state index contributed by atoms with van der Waals surface area (Å²) in [5.41, 5.74) is 6.98. The van der Waals surface area contributed by atoms with Crippen molar-refractivity contribution in [3.63, 3.8) is 0 Å². The summed E-state index contributed by atoms with van der Waals surface area (Å²) in [5, 5.41) is 11.4. The molecule has 0 aliphatic heterocycles. The van der Waals surface area contributed by atoms with Crippen molar-refractivity contribution in [2.45, 2.75) is 25.3 Å². The first-order valence-corrected chi connectivity index (χ1v) is 9.07. The van der Waals surface area contributed by atoms with Gasteiger partial charge in [0.2, 0.25) is 0 Å². The van der Waals surface area contributed by atoms with Crippen molar-refractivity contribution in [1.29, 1.82) is 0 Å². The van der Waals surface area contributed by atoms with Gasteiger partial charge in [-0.2, -0.15) is 0 Å². The van der Waals surface area contributed by atoms with E-state index in [9.17, 15) is 9.59 Å². The van der Waals surface area contributed by atoms with Crippen LogP contribution in [0.25, 0.3) is 11.1 Å². The number of hydrogen-bond acceptors (Lipinski definition) is 5. The number of alkyl carbamates (subject to hydrolysis) is 1. The first-order valence-electron chi connectivity index (χ1n) is 9.07. The highest BCUT2D eigenvalue weighted by Crippen LogP contribution is 2.44. The second-order valence-electron chi connectivity index (χ2n) is 6.18. The van der Waals surface area contributed by atoms with Gasteiger partial charge in [0.1, 0.15) is 12.6 Å². The third-order valence-corrected chi connectivity index (χ3v) is 4.55. The van der Waals surface area contributed by atoms with Gasteiger partial charge in [-0.15, -0.1) is 0 Å². The predicted octanol–water partition coefficient (Wildman–Crippen LogP) is 3.16. The SMILES string of the molecule is CCC(NC(=O)OCC1c2ccccc2-c2ccccc21)C(=O)O.CNOC. The smallest absolute Gasteiger partial charge is 0.407 e. The first kappa shape index (κ1) is 21.4. The maximum atomic E-state index is 11.9. The van der Waals surface area contributed by atoms with Gasteiger partial charge in [-0.05, 0) is 28.7 Å². The lowest BCUT2D eigenvalue weighted by atomic mass is 9.98. The van der Waals surface area contributed by atoms with Crippen LogP contribution in [0, 0.1) is 0 Å². The van der Waals surface area contributed by atoms with Crippen LogP contribution in [0.4, 0.5) is 4.79 Å². The Hall–Kier alpha value is -2.90.